The number of carbonyl (C=O) groups is 2. The largest absolute Gasteiger partial charge is 0.366 e. The van der Waals surface area contributed by atoms with Gasteiger partial charge in [-0.2, -0.15) is 0 Å². The zero-order valence-electron chi connectivity index (χ0n) is 12.9. The summed E-state index contributed by atoms with van der Waals surface area (Å²) in [6.07, 6.45) is 2.82. The average molecular weight is 291 g/mol. The summed E-state index contributed by atoms with van der Waals surface area (Å²) in [5, 5.41) is 2.88. The van der Waals surface area contributed by atoms with Crippen molar-refractivity contribution >= 4 is 11.8 Å². The highest BCUT2D eigenvalue weighted by atomic mass is 16.1. The van der Waals surface area contributed by atoms with Crippen LogP contribution in [0.2, 0.25) is 0 Å². The summed E-state index contributed by atoms with van der Waals surface area (Å²) in [5.41, 5.74) is 6.60. The van der Waals surface area contributed by atoms with Crippen LogP contribution in [0.4, 0.5) is 0 Å². The second-order valence-electron chi connectivity index (χ2n) is 5.24. The minimum absolute atomic E-state index is 0.0392. The van der Waals surface area contributed by atoms with Crippen molar-refractivity contribution in [3.63, 3.8) is 0 Å². The van der Waals surface area contributed by atoms with Gasteiger partial charge in [-0.25, -0.2) is 0 Å². The lowest BCUT2D eigenvalue weighted by molar-refractivity contribution is -0.121. The third kappa shape index (κ3) is 6.90. The second kappa shape index (κ2) is 9.13. The fraction of sp³-hybridized carbons (Fsp3) is 0.500. The number of nitrogens with zero attached hydrogens (tertiary/aromatic N) is 1. The fourth-order valence-corrected chi connectivity index (χ4v) is 1.91. The van der Waals surface area contributed by atoms with Gasteiger partial charge in [0.15, 0.2) is 0 Å². The smallest absolute Gasteiger partial charge is 0.248 e. The summed E-state index contributed by atoms with van der Waals surface area (Å²) >= 11 is 0. The van der Waals surface area contributed by atoms with Crippen molar-refractivity contribution in [2.24, 2.45) is 5.73 Å². The van der Waals surface area contributed by atoms with Gasteiger partial charge in [0.2, 0.25) is 11.8 Å². The number of carbonyl (C=O) groups excluding carboxylic acids is 2. The van der Waals surface area contributed by atoms with Gasteiger partial charge >= 0.3 is 0 Å². The van der Waals surface area contributed by atoms with Crippen molar-refractivity contribution in [2.75, 3.05) is 20.1 Å². The van der Waals surface area contributed by atoms with Gasteiger partial charge in [-0.05, 0) is 37.7 Å². The first kappa shape index (κ1) is 17.2. The Morgan fingerprint density at radius 2 is 1.86 bits per heavy atom. The van der Waals surface area contributed by atoms with Crippen LogP contribution in [0.1, 0.15) is 42.1 Å². The van der Waals surface area contributed by atoms with Crippen molar-refractivity contribution < 1.29 is 9.59 Å². The molecule has 0 aromatic heterocycles. The monoisotopic (exact) mass is 291 g/mol. The number of rotatable bonds is 9. The summed E-state index contributed by atoms with van der Waals surface area (Å²) in [4.78, 5) is 24.9. The van der Waals surface area contributed by atoms with Crippen molar-refractivity contribution in [1.82, 2.24) is 10.2 Å². The van der Waals surface area contributed by atoms with Crippen LogP contribution in [0.15, 0.2) is 24.3 Å². The van der Waals surface area contributed by atoms with Crippen LogP contribution in [0.25, 0.3) is 0 Å². The molecule has 1 aromatic carbocycles. The van der Waals surface area contributed by atoms with Crippen LogP contribution < -0.4 is 11.1 Å². The van der Waals surface area contributed by atoms with Crippen molar-refractivity contribution in [3.05, 3.63) is 35.4 Å². The number of nitrogens with two attached hydrogens (primary N) is 1. The Balaban J connectivity index is 2.28. The lowest BCUT2D eigenvalue weighted by Crippen LogP contribution is -2.29. The Hall–Kier alpha value is -1.88. The minimum Gasteiger partial charge on any atom is -0.366 e. The third-order valence-corrected chi connectivity index (χ3v) is 3.34. The van der Waals surface area contributed by atoms with E-state index in [4.69, 9.17) is 5.73 Å². The second-order valence-corrected chi connectivity index (χ2v) is 5.24. The van der Waals surface area contributed by atoms with Crippen LogP contribution in [-0.4, -0.2) is 36.9 Å². The highest BCUT2D eigenvalue weighted by Gasteiger charge is 2.05. The molecular formula is C16H25N3O2. The number of nitrogens with one attached hydrogen (secondary N) is 1. The van der Waals surface area contributed by atoms with E-state index in [1.54, 1.807) is 24.3 Å². The van der Waals surface area contributed by atoms with Gasteiger partial charge in [-0.1, -0.05) is 25.5 Å². The molecule has 0 aliphatic rings. The molecule has 0 radical (unpaired) electrons. The van der Waals surface area contributed by atoms with Crippen LogP contribution in [0, 0.1) is 0 Å². The maximum atomic E-state index is 11.8. The molecule has 0 atom stereocenters. The molecule has 0 aliphatic heterocycles. The third-order valence-electron chi connectivity index (χ3n) is 3.34. The van der Waals surface area contributed by atoms with Gasteiger partial charge in [0.05, 0.1) is 0 Å². The predicted molar refractivity (Wildman–Crippen MR) is 83.8 cm³/mol. The topological polar surface area (TPSA) is 75.4 Å². The molecule has 1 rings (SSSR count). The molecular weight excluding hydrogens is 266 g/mol. The maximum Gasteiger partial charge on any atom is 0.248 e. The van der Waals surface area contributed by atoms with Gasteiger partial charge in [0.1, 0.15) is 0 Å². The Morgan fingerprint density at radius 1 is 1.19 bits per heavy atom. The molecule has 21 heavy (non-hydrogen) atoms. The molecule has 0 bridgehead atoms. The van der Waals surface area contributed by atoms with E-state index in [1.807, 2.05) is 7.05 Å². The Morgan fingerprint density at radius 3 is 2.43 bits per heavy atom. The van der Waals surface area contributed by atoms with E-state index < -0.39 is 5.91 Å². The summed E-state index contributed by atoms with van der Waals surface area (Å²) in [6, 6.07) is 6.94. The first-order valence-electron chi connectivity index (χ1n) is 7.37. The molecule has 0 spiro atoms. The molecule has 1 aromatic rings. The lowest BCUT2D eigenvalue weighted by atomic mass is 10.1. The van der Waals surface area contributed by atoms with Crippen LogP contribution in [-0.2, 0) is 11.3 Å². The van der Waals surface area contributed by atoms with Crippen molar-refractivity contribution in [3.8, 4) is 0 Å². The molecule has 0 heterocycles. The van der Waals surface area contributed by atoms with E-state index in [-0.39, 0.29) is 5.91 Å². The minimum atomic E-state index is -0.444. The Kier molecular flexibility index (Phi) is 7.46. The summed E-state index contributed by atoms with van der Waals surface area (Å²) in [7, 11) is 2.03. The SMILES string of the molecule is CCCCN(C)CCC(=O)NCc1ccc(C(N)=O)cc1. The molecule has 3 N–H and O–H groups in total. The average Bonchev–Trinajstić information content (AvgIpc) is 2.49. The van der Waals surface area contributed by atoms with Gasteiger partial charge < -0.3 is 16.0 Å². The number of unbranched alkanes of at least 4 members (excludes halogenated alkanes) is 1. The molecule has 5 nitrogen and oxygen atoms in total. The van der Waals surface area contributed by atoms with E-state index in [9.17, 15) is 9.59 Å². The molecule has 0 saturated heterocycles. The molecule has 0 fully saturated rings. The normalized spacial score (nSPS) is 10.6. The highest BCUT2D eigenvalue weighted by Crippen LogP contribution is 2.03. The zero-order chi connectivity index (χ0) is 15.7. The van der Waals surface area contributed by atoms with Crippen LogP contribution in [0.3, 0.4) is 0 Å². The number of amides is 2. The van der Waals surface area contributed by atoms with Crippen molar-refractivity contribution in [2.45, 2.75) is 32.7 Å². The van der Waals surface area contributed by atoms with Gasteiger partial charge in [0.25, 0.3) is 0 Å². The summed E-state index contributed by atoms with van der Waals surface area (Å²) < 4.78 is 0. The number of primary amides is 1. The molecule has 116 valence electrons. The van der Waals surface area contributed by atoms with E-state index in [2.05, 4.69) is 17.1 Å². The molecule has 0 aliphatic carbocycles. The molecule has 2 amide bonds. The van der Waals surface area contributed by atoms with Gasteiger partial charge in [0, 0.05) is 25.1 Å². The Labute approximate surface area is 126 Å². The van der Waals surface area contributed by atoms with Crippen molar-refractivity contribution in [1.29, 1.82) is 0 Å². The maximum absolute atomic E-state index is 11.8. The van der Waals surface area contributed by atoms with E-state index in [0.29, 0.717) is 18.5 Å². The van der Waals surface area contributed by atoms with Gasteiger partial charge in [-0.15, -0.1) is 0 Å². The quantitative estimate of drug-likeness (QED) is 0.724. The first-order valence-corrected chi connectivity index (χ1v) is 7.37. The number of hydrogen-bond acceptors (Lipinski definition) is 3. The predicted octanol–water partition coefficient (Wildman–Crippen LogP) is 1.52. The van der Waals surface area contributed by atoms with Gasteiger partial charge in [-0.3, -0.25) is 9.59 Å². The highest BCUT2D eigenvalue weighted by molar-refractivity contribution is 5.92. The van der Waals surface area contributed by atoms with E-state index in [0.717, 1.165) is 31.5 Å². The Bertz CT molecular complexity index is 457. The standard InChI is InChI=1S/C16H25N3O2/c1-3-4-10-19(2)11-9-15(20)18-12-13-5-7-14(8-6-13)16(17)21/h5-8H,3-4,9-12H2,1-2H3,(H2,17,21)(H,18,20). The molecule has 0 unspecified atom stereocenters. The molecule has 5 heteroatoms. The fourth-order valence-electron chi connectivity index (χ4n) is 1.91. The van der Waals surface area contributed by atoms with Crippen LogP contribution in [0.5, 0.6) is 0 Å². The zero-order valence-corrected chi connectivity index (χ0v) is 12.9. The first-order chi connectivity index (χ1) is 10.0. The number of hydrogen-bond donors (Lipinski definition) is 2. The summed E-state index contributed by atoms with van der Waals surface area (Å²) in [6.45, 7) is 4.42. The number of benzene rings is 1. The van der Waals surface area contributed by atoms with Crippen LogP contribution >= 0.6 is 0 Å². The lowest BCUT2D eigenvalue weighted by Gasteiger charge is -2.15. The summed E-state index contributed by atoms with van der Waals surface area (Å²) in [5.74, 6) is -0.405. The van der Waals surface area contributed by atoms with E-state index in [1.165, 1.54) is 0 Å². The molecule has 0 saturated carbocycles. The van der Waals surface area contributed by atoms with E-state index >= 15 is 0 Å².